The Labute approximate surface area is 118 Å². The fraction of sp³-hybridized carbons (Fsp3) is 0.400. The topological polar surface area (TPSA) is 36.1 Å². The lowest BCUT2D eigenvalue weighted by Gasteiger charge is -2.40. The second kappa shape index (κ2) is 4.26. The quantitative estimate of drug-likeness (QED) is 0.793. The fourth-order valence-corrected chi connectivity index (χ4v) is 3.59. The van der Waals surface area contributed by atoms with E-state index in [0.717, 1.165) is 12.5 Å². The third kappa shape index (κ3) is 1.71. The molecule has 1 amide bonds. The first-order chi connectivity index (χ1) is 10.1. The van der Waals surface area contributed by atoms with E-state index in [1.165, 1.54) is 11.0 Å². The summed E-state index contributed by atoms with van der Waals surface area (Å²) < 4.78 is 41.9. The van der Waals surface area contributed by atoms with Gasteiger partial charge in [0.15, 0.2) is 0 Å². The van der Waals surface area contributed by atoms with E-state index in [9.17, 15) is 18.0 Å². The van der Waals surface area contributed by atoms with E-state index in [2.05, 4.69) is 4.98 Å². The molecule has 0 aliphatic carbocycles. The number of aromatic amines is 1. The van der Waals surface area contributed by atoms with E-state index < -0.39 is 17.8 Å². The summed E-state index contributed by atoms with van der Waals surface area (Å²) in [5.74, 6) is -1.55. The summed E-state index contributed by atoms with van der Waals surface area (Å²) in [7, 11) is 0. The number of nitrogens with one attached hydrogen (secondary N) is 1. The third-order valence-corrected chi connectivity index (χ3v) is 4.45. The number of halogens is 3. The lowest BCUT2D eigenvalue weighted by molar-refractivity contribution is -0.138. The number of hydrogen-bond donors (Lipinski definition) is 1. The van der Waals surface area contributed by atoms with Crippen molar-refractivity contribution >= 4 is 16.8 Å². The Hall–Kier alpha value is -1.98. The summed E-state index contributed by atoms with van der Waals surface area (Å²) in [4.78, 5) is 16.4. The molecular weight excluding hydrogens is 281 g/mol. The number of carbonyl (C=O) groups excluding carboxylic acids is 1. The van der Waals surface area contributed by atoms with Crippen LogP contribution in [0.15, 0.2) is 12.1 Å². The summed E-state index contributed by atoms with van der Waals surface area (Å²) >= 11 is 0. The Balaban J connectivity index is 1.97. The number of H-pyrrole nitrogens is 1. The summed E-state index contributed by atoms with van der Waals surface area (Å²) in [6.45, 7) is -0.0553. The lowest BCUT2D eigenvalue weighted by Crippen LogP contribution is -2.43. The monoisotopic (exact) mass is 294 g/mol. The van der Waals surface area contributed by atoms with E-state index in [-0.39, 0.29) is 35.0 Å². The van der Waals surface area contributed by atoms with Crippen molar-refractivity contribution in [1.82, 2.24) is 9.88 Å². The minimum Gasteiger partial charge on any atom is -0.356 e. The van der Waals surface area contributed by atoms with Crippen LogP contribution >= 0.6 is 0 Å². The number of rotatable bonds is 0. The summed E-state index contributed by atoms with van der Waals surface area (Å²) in [5.41, 5.74) is 1.01. The molecule has 3 nitrogen and oxygen atoms in total. The minimum atomic E-state index is -1.45. The SMILES string of the molecule is O=C1CCCC2c3[nH]c4cc(F)cc(F)c4c3C(F)CN12. The molecule has 1 aromatic heterocycles. The Morgan fingerprint density at radius 3 is 2.90 bits per heavy atom. The maximum atomic E-state index is 14.5. The van der Waals surface area contributed by atoms with Crippen molar-refractivity contribution in [1.29, 1.82) is 0 Å². The van der Waals surface area contributed by atoms with Crippen LogP contribution in [0.3, 0.4) is 0 Å². The maximum absolute atomic E-state index is 14.5. The van der Waals surface area contributed by atoms with Crippen molar-refractivity contribution < 1.29 is 18.0 Å². The van der Waals surface area contributed by atoms with Crippen molar-refractivity contribution in [2.45, 2.75) is 31.5 Å². The van der Waals surface area contributed by atoms with Gasteiger partial charge in [0.1, 0.15) is 17.8 Å². The van der Waals surface area contributed by atoms with Gasteiger partial charge < -0.3 is 9.88 Å². The number of benzene rings is 1. The number of alkyl halides is 1. The maximum Gasteiger partial charge on any atom is 0.223 e. The van der Waals surface area contributed by atoms with Crippen LogP contribution in [0.25, 0.3) is 10.9 Å². The Kier molecular flexibility index (Phi) is 2.58. The highest BCUT2D eigenvalue weighted by Gasteiger charge is 2.40. The highest BCUT2D eigenvalue weighted by molar-refractivity contribution is 5.87. The van der Waals surface area contributed by atoms with Crippen molar-refractivity contribution in [3.8, 4) is 0 Å². The first kappa shape index (κ1) is 12.7. The fourth-order valence-electron chi connectivity index (χ4n) is 3.59. The van der Waals surface area contributed by atoms with Gasteiger partial charge >= 0.3 is 0 Å². The molecule has 1 aromatic carbocycles. The summed E-state index contributed by atoms with van der Waals surface area (Å²) in [6.07, 6.45) is 0.402. The molecule has 2 aromatic rings. The molecule has 21 heavy (non-hydrogen) atoms. The van der Waals surface area contributed by atoms with Crippen LogP contribution in [-0.4, -0.2) is 22.3 Å². The molecule has 2 unspecified atom stereocenters. The second-order valence-corrected chi connectivity index (χ2v) is 5.68. The number of fused-ring (bicyclic) bond motifs is 5. The average Bonchev–Trinajstić information content (AvgIpc) is 2.80. The van der Waals surface area contributed by atoms with Crippen LogP contribution in [-0.2, 0) is 4.79 Å². The molecule has 1 N–H and O–H groups in total. The van der Waals surface area contributed by atoms with Crippen LogP contribution in [0, 0.1) is 11.6 Å². The van der Waals surface area contributed by atoms with E-state index >= 15 is 0 Å². The lowest BCUT2D eigenvalue weighted by atomic mass is 9.89. The molecular formula is C15H13F3N2O. The zero-order valence-corrected chi connectivity index (χ0v) is 11.1. The summed E-state index contributed by atoms with van der Waals surface area (Å²) in [5, 5.41) is 0.108. The molecule has 1 fully saturated rings. The van der Waals surface area contributed by atoms with E-state index in [4.69, 9.17) is 0 Å². The van der Waals surface area contributed by atoms with Crippen molar-refractivity contribution in [2.75, 3.05) is 6.54 Å². The summed E-state index contributed by atoms with van der Waals surface area (Å²) in [6, 6.07) is 1.67. The van der Waals surface area contributed by atoms with Gasteiger partial charge in [-0.25, -0.2) is 13.2 Å². The Morgan fingerprint density at radius 1 is 1.29 bits per heavy atom. The first-order valence-electron chi connectivity index (χ1n) is 7.00. The average molecular weight is 294 g/mol. The third-order valence-electron chi connectivity index (χ3n) is 4.45. The van der Waals surface area contributed by atoms with Gasteiger partial charge in [-0.15, -0.1) is 0 Å². The predicted molar refractivity (Wildman–Crippen MR) is 70.4 cm³/mol. The number of piperidine rings is 1. The Morgan fingerprint density at radius 2 is 2.10 bits per heavy atom. The molecule has 0 spiro atoms. The molecule has 0 radical (unpaired) electrons. The zero-order chi connectivity index (χ0) is 14.7. The van der Waals surface area contributed by atoms with Crippen LogP contribution in [0.4, 0.5) is 13.2 Å². The van der Waals surface area contributed by atoms with Crippen LogP contribution < -0.4 is 0 Å². The van der Waals surface area contributed by atoms with Gasteiger partial charge in [0, 0.05) is 29.1 Å². The predicted octanol–water partition coefficient (Wildman–Crippen LogP) is 3.52. The van der Waals surface area contributed by atoms with Crippen molar-refractivity contribution in [3.63, 3.8) is 0 Å². The van der Waals surface area contributed by atoms with Crippen molar-refractivity contribution in [2.24, 2.45) is 0 Å². The van der Waals surface area contributed by atoms with Gasteiger partial charge in [-0.1, -0.05) is 0 Å². The smallest absolute Gasteiger partial charge is 0.223 e. The van der Waals surface area contributed by atoms with Gasteiger partial charge in [-0.05, 0) is 18.9 Å². The van der Waals surface area contributed by atoms with Crippen LogP contribution in [0.2, 0.25) is 0 Å². The highest BCUT2D eigenvalue weighted by Crippen LogP contribution is 2.45. The number of amides is 1. The molecule has 0 bridgehead atoms. The van der Waals surface area contributed by atoms with Crippen LogP contribution in [0.5, 0.6) is 0 Å². The molecule has 2 aliphatic rings. The van der Waals surface area contributed by atoms with Gasteiger partial charge in [0.05, 0.1) is 18.1 Å². The Bertz CT molecular complexity index is 755. The van der Waals surface area contributed by atoms with E-state index in [0.29, 0.717) is 18.5 Å². The highest BCUT2D eigenvalue weighted by atomic mass is 19.1. The number of aromatic nitrogens is 1. The van der Waals surface area contributed by atoms with Crippen LogP contribution in [0.1, 0.15) is 42.7 Å². The zero-order valence-electron chi connectivity index (χ0n) is 11.1. The molecule has 4 rings (SSSR count). The molecule has 1 saturated heterocycles. The molecule has 3 heterocycles. The van der Waals surface area contributed by atoms with Gasteiger partial charge in [0.25, 0.3) is 0 Å². The van der Waals surface area contributed by atoms with Gasteiger partial charge in [0.2, 0.25) is 5.91 Å². The first-order valence-corrected chi connectivity index (χ1v) is 7.00. The number of nitrogens with zero attached hydrogens (tertiary/aromatic N) is 1. The molecule has 110 valence electrons. The van der Waals surface area contributed by atoms with Gasteiger partial charge in [-0.2, -0.15) is 0 Å². The number of hydrogen-bond acceptors (Lipinski definition) is 1. The molecule has 6 heteroatoms. The standard InChI is InChI=1S/C15H13F3N2O/c16-7-4-8(17)13-10(5-7)19-15-11-2-1-3-12(21)20(11)6-9(18)14(13)15/h4-5,9,11,19H,1-3,6H2. The van der Waals surface area contributed by atoms with Crippen molar-refractivity contribution in [3.05, 3.63) is 35.0 Å². The molecule has 2 aliphatic heterocycles. The normalized spacial score (nSPS) is 25.1. The second-order valence-electron chi connectivity index (χ2n) is 5.68. The van der Waals surface area contributed by atoms with Gasteiger partial charge in [-0.3, -0.25) is 4.79 Å². The molecule has 2 atom stereocenters. The number of carbonyl (C=O) groups is 1. The minimum absolute atomic E-state index is 0.0553. The van der Waals surface area contributed by atoms with E-state index in [1.807, 2.05) is 0 Å². The van der Waals surface area contributed by atoms with E-state index in [1.54, 1.807) is 0 Å². The largest absolute Gasteiger partial charge is 0.356 e. The molecule has 0 saturated carbocycles.